The number of rotatable bonds is 17. The lowest BCUT2D eigenvalue weighted by atomic mass is 10.1. The summed E-state index contributed by atoms with van der Waals surface area (Å²) in [5, 5.41) is 19.2. The summed E-state index contributed by atoms with van der Waals surface area (Å²) in [6, 6.07) is 0. The molecule has 0 aromatic carbocycles. The number of ether oxygens (including phenoxy) is 1. The molecule has 0 saturated carbocycles. The molecule has 3 atom stereocenters. The maximum atomic E-state index is 9.92. The summed E-state index contributed by atoms with van der Waals surface area (Å²) in [6.45, 7) is 4.58. The molecule has 0 amide bonds. The highest BCUT2D eigenvalue weighted by molar-refractivity contribution is 7.81. The van der Waals surface area contributed by atoms with Crippen LogP contribution >= 0.6 is 0 Å². The van der Waals surface area contributed by atoms with E-state index in [2.05, 4.69) is 15.3 Å². The molecule has 0 spiro atoms. The first kappa shape index (κ1) is 29.9. The van der Waals surface area contributed by atoms with Crippen LogP contribution in [0.2, 0.25) is 0 Å². The van der Waals surface area contributed by atoms with Crippen molar-refractivity contribution in [2.75, 3.05) is 27.4 Å². The van der Waals surface area contributed by atoms with E-state index in [4.69, 9.17) is 10.5 Å². The van der Waals surface area contributed by atoms with E-state index in [1.807, 2.05) is 0 Å². The van der Waals surface area contributed by atoms with E-state index in [-0.39, 0.29) is 6.54 Å². The lowest BCUT2D eigenvalue weighted by molar-refractivity contribution is -0.0914. The van der Waals surface area contributed by atoms with Gasteiger partial charge in [0, 0.05) is 13.2 Å². The molecule has 3 unspecified atom stereocenters. The van der Waals surface area contributed by atoms with Crippen LogP contribution in [0.4, 0.5) is 0 Å². The average molecular weight is 430 g/mol. The second-order valence-corrected chi connectivity index (χ2v) is 8.29. The predicted molar refractivity (Wildman–Crippen MR) is 111 cm³/mol. The van der Waals surface area contributed by atoms with Gasteiger partial charge in [0.2, 0.25) is 0 Å². The Bertz CT molecular complexity index is 409. The molecule has 0 radical (unpaired) electrons. The molecule has 0 aromatic rings. The van der Waals surface area contributed by atoms with E-state index >= 15 is 0 Å². The van der Waals surface area contributed by atoms with Crippen LogP contribution in [0.3, 0.4) is 0 Å². The van der Waals surface area contributed by atoms with Crippen LogP contribution in [-0.2, 0) is 23.5 Å². The van der Waals surface area contributed by atoms with Crippen molar-refractivity contribution in [3.63, 3.8) is 0 Å². The van der Waals surface area contributed by atoms with Crippen molar-refractivity contribution in [2.45, 2.75) is 96.4 Å². The first-order valence-corrected chi connectivity index (χ1v) is 11.6. The molecule has 0 heterocycles. The van der Waals surface area contributed by atoms with Gasteiger partial charge >= 0.3 is 10.4 Å². The van der Waals surface area contributed by atoms with Crippen LogP contribution < -0.4 is 5.73 Å². The first-order valence-electron chi connectivity index (χ1n) is 10.3. The minimum absolute atomic E-state index is 0.119. The van der Waals surface area contributed by atoms with E-state index in [1.54, 1.807) is 6.92 Å². The fourth-order valence-corrected chi connectivity index (χ4v) is 2.72. The molecule has 0 bridgehead atoms. The normalized spacial score (nSPS) is 14.8. The molecule has 0 saturated heterocycles. The Morgan fingerprint density at radius 1 is 0.857 bits per heavy atom. The summed E-state index contributed by atoms with van der Waals surface area (Å²) in [7, 11) is -1.60. The second-order valence-electron chi connectivity index (χ2n) is 6.80. The maximum absolute atomic E-state index is 9.92. The number of unbranched alkanes of at least 4 members (excludes halogenated alkanes) is 9. The van der Waals surface area contributed by atoms with Crippen LogP contribution in [0.15, 0.2) is 0 Å². The number of hydrogen-bond donors (Lipinski definition) is 3. The van der Waals surface area contributed by atoms with E-state index in [9.17, 15) is 18.6 Å². The predicted octanol–water partition coefficient (Wildman–Crippen LogP) is 2.52. The molecule has 8 nitrogen and oxygen atoms in total. The van der Waals surface area contributed by atoms with Gasteiger partial charge in [0.25, 0.3) is 0 Å². The lowest BCUT2D eigenvalue weighted by Gasteiger charge is -2.24. The van der Waals surface area contributed by atoms with Crippen molar-refractivity contribution in [1.29, 1.82) is 0 Å². The number of nitrogens with two attached hydrogens (primary N) is 1. The van der Waals surface area contributed by atoms with Crippen molar-refractivity contribution in [3.05, 3.63) is 0 Å². The van der Waals surface area contributed by atoms with Gasteiger partial charge in [0.1, 0.15) is 6.10 Å². The highest BCUT2D eigenvalue weighted by Gasteiger charge is 2.23. The number of aliphatic hydroxyl groups is 2. The van der Waals surface area contributed by atoms with Gasteiger partial charge in [-0.15, -0.1) is 0 Å². The third-order valence-electron chi connectivity index (χ3n) is 4.31. The molecule has 0 aliphatic carbocycles. The van der Waals surface area contributed by atoms with Crippen molar-refractivity contribution >= 4 is 10.4 Å². The maximum Gasteiger partial charge on any atom is 0.399 e. The van der Waals surface area contributed by atoms with Crippen LogP contribution in [0.25, 0.3) is 0 Å². The lowest BCUT2D eigenvalue weighted by Crippen LogP contribution is -2.42. The fourth-order valence-electron chi connectivity index (χ4n) is 2.58. The van der Waals surface area contributed by atoms with E-state index in [0.717, 1.165) is 27.1 Å². The largest absolute Gasteiger partial charge is 0.399 e. The van der Waals surface area contributed by atoms with Gasteiger partial charge in [-0.2, -0.15) is 8.42 Å². The number of hydrogen-bond acceptors (Lipinski definition) is 8. The summed E-state index contributed by atoms with van der Waals surface area (Å²) < 4.78 is 33.1. The topological polar surface area (TPSA) is 128 Å². The van der Waals surface area contributed by atoms with Gasteiger partial charge < -0.3 is 20.7 Å². The Labute approximate surface area is 172 Å². The van der Waals surface area contributed by atoms with E-state index in [0.29, 0.717) is 6.61 Å². The zero-order valence-electron chi connectivity index (χ0n) is 18.1. The summed E-state index contributed by atoms with van der Waals surface area (Å²) in [5.41, 5.74) is 5.40. The summed E-state index contributed by atoms with van der Waals surface area (Å²) in [6.07, 6.45) is 10.8. The molecule has 0 fully saturated rings. The summed E-state index contributed by atoms with van der Waals surface area (Å²) in [5.74, 6) is 0. The molecule has 0 aliphatic rings. The zero-order chi connectivity index (χ0) is 21.8. The molecule has 28 heavy (non-hydrogen) atoms. The fraction of sp³-hybridized carbons (Fsp3) is 1.00. The molecular formula is C19H43NO7S. The second kappa shape index (κ2) is 20.0. The standard InChI is InChI=1S/C17H37NO3.C2H6O4S/c1-3-4-5-6-7-8-9-10-11-12-13-21-17(15(2)19)16(20)14-18;1-5-7(3,4)6-2/h15-17,19-20H,3-14,18H2,1-2H3;1-2H3. The van der Waals surface area contributed by atoms with Crippen molar-refractivity contribution in [2.24, 2.45) is 5.73 Å². The molecule has 0 aromatic heterocycles. The third-order valence-corrected chi connectivity index (χ3v) is 5.13. The third kappa shape index (κ3) is 19.0. The Balaban J connectivity index is 0. The van der Waals surface area contributed by atoms with Crippen molar-refractivity contribution < 1.29 is 31.7 Å². The minimum Gasteiger partial charge on any atom is -0.391 e. The highest BCUT2D eigenvalue weighted by Crippen LogP contribution is 2.11. The van der Waals surface area contributed by atoms with Crippen LogP contribution in [-0.4, -0.2) is 64.3 Å². The number of aliphatic hydroxyl groups excluding tert-OH is 2. The van der Waals surface area contributed by atoms with Gasteiger partial charge in [0.15, 0.2) is 0 Å². The molecule has 0 rings (SSSR count). The Hall–Kier alpha value is -0.290. The van der Waals surface area contributed by atoms with Crippen molar-refractivity contribution in [3.8, 4) is 0 Å². The van der Waals surface area contributed by atoms with Gasteiger partial charge in [-0.1, -0.05) is 64.7 Å². The van der Waals surface area contributed by atoms with Gasteiger partial charge in [-0.25, -0.2) is 0 Å². The van der Waals surface area contributed by atoms with Gasteiger partial charge in [-0.05, 0) is 13.3 Å². The Morgan fingerprint density at radius 2 is 1.29 bits per heavy atom. The van der Waals surface area contributed by atoms with Crippen LogP contribution in [0.5, 0.6) is 0 Å². The van der Waals surface area contributed by atoms with Crippen LogP contribution in [0.1, 0.15) is 78.1 Å². The van der Waals surface area contributed by atoms with Gasteiger partial charge in [0.05, 0.1) is 26.4 Å². The Morgan fingerprint density at radius 3 is 1.61 bits per heavy atom. The minimum atomic E-state index is -3.66. The molecule has 0 aliphatic heterocycles. The first-order chi connectivity index (χ1) is 13.3. The molecular weight excluding hydrogens is 386 g/mol. The SMILES string of the molecule is CCCCCCCCCCCCOC(C(C)O)C(O)CN.COS(=O)(=O)OC. The molecule has 9 heteroatoms. The smallest absolute Gasteiger partial charge is 0.391 e. The van der Waals surface area contributed by atoms with E-state index < -0.39 is 28.7 Å². The van der Waals surface area contributed by atoms with Crippen molar-refractivity contribution in [1.82, 2.24) is 0 Å². The highest BCUT2D eigenvalue weighted by atomic mass is 32.3. The van der Waals surface area contributed by atoms with E-state index in [1.165, 1.54) is 51.4 Å². The van der Waals surface area contributed by atoms with Crippen LogP contribution in [0, 0.1) is 0 Å². The van der Waals surface area contributed by atoms with Gasteiger partial charge in [-0.3, -0.25) is 8.37 Å². The zero-order valence-corrected chi connectivity index (χ0v) is 19.0. The summed E-state index contributed by atoms with van der Waals surface area (Å²) >= 11 is 0. The Kier molecular flexibility index (Phi) is 21.4. The average Bonchev–Trinajstić information content (AvgIpc) is 2.68. The monoisotopic (exact) mass is 429 g/mol. The molecule has 4 N–H and O–H groups in total. The molecule has 172 valence electrons. The summed E-state index contributed by atoms with van der Waals surface area (Å²) in [4.78, 5) is 0. The quantitative estimate of drug-likeness (QED) is 0.301.